The summed E-state index contributed by atoms with van der Waals surface area (Å²) in [5.74, 6) is 0.680. The number of para-hydroxylation sites is 1. The molecule has 1 N–H and O–H groups in total. The summed E-state index contributed by atoms with van der Waals surface area (Å²) >= 11 is 1.21. The van der Waals surface area contributed by atoms with E-state index in [0.717, 1.165) is 24.7 Å². The third-order valence-electron chi connectivity index (χ3n) is 3.87. The molecule has 1 aliphatic carbocycles. The van der Waals surface area contributed by atoms with E-state index in [1.54, 1.807) is 4.90 Å². The van der Waals surface area contributed by atoms with E-state index < -0.39 is 17.6 Å². The summed E-state index contributed by atoms with van der Waals surface area (Å²) in [6, 6.07) is 4.93. The Kier molecular flexibility index (Phi) is 4.94. The minimum atomic E-state index is -4.52. The number of benzene rings is 1. The van der Waals surface area contributed by atoms with Crippen LogP contribution in [0.15, 0.2) is 24.3 Å². The van der Waals surface area contributed by atoms with Crippen LogP contribution in [0.25, 0.3) is 0 Å². The fourth-order valence-electron chi connectivity index (χ4n) is 2.38. The van der Waals surface area contributed by atoms with Crippen LogP contribution in [0.3, 0.4) is 0 Å². The number of alkyl halides is 3. The summed E-state index contributed by atoms with van der Waals surface area (Å²) in [6.45, 7) is 2.28. The molecule has 0 radical (unpaired) electrons. The topological polar surface area (TPSA) is 58.1 Å². The summed E-state index contributed by atoms with van der Waals surface area (Å²) in [5.41, 5.74) is -1.11. The van der Waals surface area contributed by atoms with Crippen molar-refractivity contribution in [3.8, 4) is 0 Å². The molecule has 9 heteroatoms. The second kappa shape index (κ2) is 6.99. The van der Waals surface area contributed by atoms with Gasteiger partial charge < -0.3 is 10.2 Å². The quantitative estimate of drug-likeness (QED) is 0.838. The molecule has 1 saturated carbocycles. The zero-order valence-corrected chi connectivity index (χ0v) is 14.3. The number of carbonyl (C=O) groups is 1. The molecule has 5 nitrogen and oxygen atoms in total. The molecule has 1 amide bonds. The average Bonchev–Trinajstić information content (AvgIpc) is 3.30. The molecule has 1 aromatic heterocycles. The maximum absolute atomic E-state index is 13.0. The molecule has 1 aliphatic rings. The number of nitrogens with one attached hydrogen (secondary N) is 1. The smallest absolute Gasteiger partial charge is 0.338 e. The van der Waals surface area contributed by atoms with Gasteiger partial charge in [0.05, 0.1) is 17.8 Å². The van der Waals surface area contributed by atoms with Gasteiger partial charge in [-0.05, 0) is 31.9 Å². The summed E-state index contributed by atoms with van der Waals surface area (Å²) < 4.78 is 43.3. The van der Waals surface area contributed by atoms with Crippen molar-refractivity contribution in [3.63, 3.8) is 0 Å². The van der Waals surface area contributed by atoms with Crippen LogP contribution in [0.5, 0.6) is 0 Å². The lowest BCUT2D eigenvalue weighted by Crippen LogP contribution is -2.33. The molecule has 134 valence electrons. The second-order valence-electron chi connectivity index (χ2n) is 5.82. The molecule has 25 heavy (non-hydrogen) atoms. The van der Waals surface area contributed by atoms with Gasteiger partial charge >= 0.3 is 6.18 Å². The standard InChI is InChI=1S/C16H17F3N4OS/c1-2-23(15-21-14(22-25-15)10-7-8-10)9-13(24)20-12-6-4-3-5-11(12)16(17,18)19/h3-6,10H,2,7-9H2,1H3,(H,20,24). The molecule has 1 fully saturated rings. The minimum absolute atomic E-state index is 0.0814. The number of rotatable bonds is 6. The number of hydrogen-bond acceptors (Lipinski definition) is 5. The van der Waals surface area contributed by atoms with Crippen LogP contribution in [0.2, 0.25) is 0 Å². The zero-order valence-electron chi connectivity index (χ0n) is 13.5. The highest BCUT2D eigenvalue weighted by molar-refractivity contribution is 7.09. The van der Waals surface area contributed by atoms with Crippen LogP contribution >= 0.6 is 11.5 Å². The van der Waals surface area contributed by atoms with Crippen molar-refractivity contribution in [2.24, 2.45) is 0 Å². The number of hydrogen-bond donors (Lipinski definition) is 1. The summed E-state index contributed by atoms with van der Waals surface area (Å²) in [5, 5.41) is 2.96. The fraction of sp³-hybridized carbons (Fsp3) is 0.438. The van der Waals surface area contributed by atoms with Crippen LogP contribution in [0, 0.1) is 0 Å². The number of aromatic nitrogens is 2. The van der Waals surface area contributed by atoms with Crippen molar-refractivity contribution in [2.45, 2.75) is 31.9 Å². The van der Waals surface area contributed by atoms with Gasteiger partial charge in [0.15, 0.2) is 0 Å². The van der Waals surface area contributed by atoms with Gasteiger partial charge in [-0.2, -0.15) is 17.5 Å². The first-order valence-corrected chi connectivity index (χ1v) is 8.70. The Balaban J connectivity index is 1.68. The van der Waals surface area contributed by atoms with Gasteiger partial charge in [0.2, 0.25) is 11.0 Å². The molecule has 0 unspecified atom stereocenters. The first-order valence-electron chi connectivity index (χ1n) is 7.93. The molecule has 1 aromatic carbocycles. The van der Waals surface area contributed by atoms with Crippen LogP contribution in [0.1, 0.15) is 37.1 Å². The highest BCUT2D eigenvalue weighted by Gasteiger charge is 2.33. The van der Waals surface area contributed by atoms with E-state index in [4.69, 9.17) is 0 Å². The Morgan fingerprint density at radius 2 is 2.08 bits per heavy atom. The largest absolute Gasteiger partial charge is 0.418 e. The van der Waals surface area contributed by atoms with Crippen molar-refractivity contribution >= 4 is 28.3 Å². The Morgan fingerprint density at radius 3 is 2.72 bits per heavy atom. The highest BCUT2D eigenvalue weighted by atomic mass is 32.1. The van der Waals surface area contributed by atoms with E-state index in [9.17, 15) is 18.0 Å². The maximum atomic E-state index is 13.0. The van der Waals surface area contributed by atoms with Crippen molar-refractivity contribution < 1.29 is 18.0 Å². The first-order chi connectivity index (χ1) is 11.9. The van der Waals surface area contributed by atoms with E-state index in [0.29, 0.717) is 17.6 Å². The number of halogens is 3. The molecule has 0 aliphatic heterocycles. The van der Waals surface area contributed by atoms with Gasteiger partial charge in [0, 0.05) is 24.0 Å². The van der Waals surface area contributed by atoms with E-state index >= 15 is 0 Å². The lowest BCUT2D eigenvalue weighted by atomic mass is 10.1. The Bertz CT molecular complexity index is 758. The Morgan fingerprint density at radius 1 is 1.36 bits per heavy atom. The predicted molar refractivity (Wildman–Crippen MR) is 89.8 cm³/mol. The van der Waals surface area contributed by atoms with Crippen LogP contribution < -0.4 is 10.2 Å². The zero-order chi connectivity index (χ0) is 18.0. The van der Waals surface area contributed by atoms with E-state index in [1.165, 1.54) is 29.7 Å². The molecule has 3 rings (SSSR count). The van der Waals surface area contributed by atoms with Gasteiger partial charge in [-0.15, -0.1) is 0 Å². The van der Waals surface area contributed by atoms with E-state index in [-0.39, 0.29) is 12.2 Å². The normalized spacial score (nSPS) is 14.4. The third kappa shape index (κ3) is 4.28. The first kappa shape index (κ1) is 17.7. The molecular formula is C16H17F3N4OS. The summed E-state index contributed by atoms with van der Waals surface area (Å²) in [4.78, 5) is 18.4. The van der Waals surface area contributed by atoms with Gasteiger partial charge in [-0.1, -0.05) is 12.1 Å². The third-order valence-corrected chi connectivity index (χ3v) is 4.66. The van der Waals surface area contributed by atoms with Crippen LogP contribution in [0.4, 0.5) is 24.0 Å². The number of likely N-dealkylation sites (N-methyl/N-ethyl adjacent to an activating group) is 1. The number of carbonyl (C=O) groups excluding carboxylic acids is 1. The average molecular weight is 370 g/mol. The Labute approximate surface area is 147 Å². The lowest BCUT2D eigenvalue weighted by molar-refractivity contribution is -0.137. The van der Waals surface area contributed by atoms with Crippen LogP contribution in [-0.2, 0) is 11.0 Å². The van der Waals surface area contributed by atoms with Crippen molar-refractivity contribution in [3.05, 3.63) is 35.7 Å². The number of nitrogens with zero attached hydrogens (tertiary/aromatic N) is 3. The highest BCUT2D eigenvalue weighted by Crippen LogP contribution is 2.39. The SMILES string of the molecule is CCN(CC(=O)Nc1ccccc1C(F)(F)F)c1nc(C2CC2)ns1. The maximum Gasteiger partial charge on any atom is 0.418 e. The van der Waals surface area contributed by atoms with Gasteiger partial charge in [-0.3, -0.25) is 4.79 Å². The molecular weight excluding hydrogens is 353 g/mol. The van der Waals surface area contributed by atoms with Gasteiger partial charge in [0.1, 0.15) is 5.82 Å². The number of amides is 1. The fourth-order valence-corrected chi connectivity index (χ4v) is 3.19. The molecule has 0 saturated heterocycles. The van der Waals surface area contributed by atoms with Crippen molar-refractivity contribution in [2.75, 3.05) is 23.3 Å². The molecule has 0 spiro atoms. The van der Waals surface area contributed by atoms with Crippen molar-refractivity contribution in [1.82, 2.24) is 9.36 Å². The molecule has 2 aromatic rings. The summed E-state index contributed by atoms with van der Waals surface area (Å²) in [6.07, 6.45) is -2.36. The summed E-state index contributed by atoms with van der Waals surface area (Å²) in [7, 11) is 0. The molecule has 0 atom stereocenters. The second-order valence-corrected chi connectivity index (χ2v) is 6.55. The minimum Gasteiger partial charge on any atom is -0.338 e. The van der Waals surface area contributed by atoms with E-state index in [2.05, 4.69) is 14.7 Å². The van der Waals surface area contributed by atoms with Gasteiger partial charge in [-0.25, -0.2) is 4.98 Å². The lowest BCUT2D eigenvalue weighted by Gasteiger charge is -2.19. The van der Waals surface area contributed by atoms with Crippen LogP contribution in [-0.4, -0.2) is 28.4 Å². The predicted octanol–water partition coefficient (Wildman–Crippen LogP) is 3.90. The Hall–Kier alpha value is -2.16. The molecule has 1 heterocycles. The van der Waals surface area contributed by atoms with Gasteiger partial charge in [0.25, 0.3) is 0 Å². The monoisotopic (exact) mass is 370 g/mol. The molecule has 0 bridgehead atoms. The van der Waals surface area contributed by atoms with E-state index in [1.807, 2.05) is 6.92 Å². The van der Waals surface area contributed by atoms with Crippen molar-refractivity contribution in [1.29, 1.82) is 0 Å². The number of anilines is 2.